The van der Waals surface area contributed by atoms with E-state index in [-0.39, 0.29) is 12.8 Å². The Morgan fingerprint density at radius 2 is 1.30 bits per heavy atom. The molecule has 4 unspecified atom stereocenters. The molecule has 0 aromatic heterocycles. The molecule has 10 heteroatoms. The molecule has 200 valence electrons. The average molecular weight is 512 g/mol. The first-order valence-electron chi connectivity index (χ1n) is 12.4. The highest BCUT2D eigenvalue weighted by molar-refractivity contribution is 5.94. The Labute approximate surface area is 217 Å². The van der Waals surface area contributed by atoms with Crippen molar-refractivity contribution in [2.75, 3.05) is 6.54 Å². The van der Waals surface area contributed by atoms with Crippen molar-refractivity contribution in [3.05, 3.63) is 71.8 Å². The molecular formula is C27H37N5O5. The fraction of sp³-hybridized carbons (Fsp3) is 0.407. The van der Waals surface area contributed by atoms with Gasteiger partial charge in [-0.1, -0.05) is 60.7 Å². The normalized spacial score (nSPS) is 14.0. The first-order valence-corrected chi connectivity index (χ1v) is 12.4. The van der Waals surface area contributed by atoms with E-state index in [0.717, 1.165) is 11.1 Å². The second-order valence-electron chi connectivity index (χ2n) is 8.96. The van der Waals surface area contributed by atoms with Crippen LogP contribution in [0.25, 0.3) is 0 Å². The fourth-order valence-electron chi connectivity index (χ4n) is 3.72. The van der Waals surface area contributed by atoms with Gasteiger partial charge in [-0.2, -0.15) is 0 Å². The molecule has 0 spiro atoms. The quantitative estimate of drug-likeness (QED) is 0.188. The molecule has 0 saturated carbocycles. The number of hydrogen-bond donors (Lipinski definition) is 6. The molecule has 10 nitrogen and oxygen atoms in total. The van der Waals surface area contributed by atoms with Crippen LogP contribution in [0, 0.1) is 0 Å². The first-order chi connectivity index (χ1) is 17.7. The molecule has 3 amide bonds. The number of benzene rings is 2. The molecule has 2 aromatic carbocycles. The number of carbonyl (C=O) groups excluding carboxylic acids is 3. The lowest BCUT2D eigenvalue weighted by atomic mass is 10.0. The van der Waals surface area contributed by atoms with Gasteiger partial charge in [-0.15, -0.1) is 0 Å². The lowest BCUT2D eigenvalue weighted by molar-refractivity contribution is -0.142. The second kappa shape index (κ2) is 15.4. The first kappa shape index (κ1) is 29.5. The van der Waals surface area contributed by atoms with Crippen molar-refractivity contribution in [3.63, 3.8) is 0 Å². The third kappa shape index (κ3) is 10.4. The minimum Gasteiger partial charge on any atom is -0.480 e. The minimum atomic E-state index is -1.16. The molecule has 0 saturated heterocycles. The van der Waals surface area contributed by atoms with Gasteiger partial charge in [-0.05, 0) is 50.3 Å². The van der Waals surface area contributed by atoms with E-state index in [2.05, 4.69) is 16.0 Å². The van der Waals surface area contributed by atoms with Crippen molar-refractivity contribution in [2.45, 2.75) is 63.2 Å². The zero-order valence-corrected chi connectivity index (χ0v) is 21.1. The molecule has 0 heterocycles. The summed E-state index contributed by atoms with van der Waals surface area (Å²) in [6, 6.07) is 14.4. The number of rotatable bonds is 15. The molecule has 0 bridgehead atoms. The van der Waals surface area contributed by atoms with Gasteiger partial charge in [0.05, 0.1) is 6.04 Å². The second-order valence-corrected chi connectivity index (χ2v) is 8.96. The van der Waals surface area contributed by atoms with Gasteiger partial charge in [0.15, 0.2) is 0 Å². The fourth-order valence-corrected chi connectivity index (χ4v) is 3.72. The summed E-state index contributed by atoms with van der Waals surface area (Å²) in [5.74, 6) is -2.88. The van der Waals surface area contributed by atoms with Gasteiger partial charge in [0.1, 0.15) is 18.1 Å². The predicted octanol–water partition coefficient (Wildman–Crippen LogP) is 0.487. The van der Waals surface area contributed by atoms with Crippen LogP contribution in [0.5, 0.6) is 0 Å². The lowest BCUT2D eigenvalue weighted by Gasteiger charge is -2.24. The maximum absolute atomic E-state index is 13.1. The van der Waals surface area contributed by atoms with Gasteiger partial charge >= 0.3 is 5.97 Å². The Balaban J connectivity index is 2.05. The lowest BCUT2D eigenvalue weighted by Crippen LogP contribution is -2.57. The van der Waals surface area contributed by atoms with E-state index < -0.39 is 47.9 Å². The molecule has 0 radical (unpaired) electrons. The van der Waals surface area contributed by atoms with Crippen LogP contribution in [0.4, 0.5) is 0 Å². The van der Waals surface area contributed by atoms with Crippen LogP contribution in [0.3, 0.4) is 0 Å². The van der Waals surface area contributed by atoms with Crippen molar-refractivity contribution in [1.29, 1.82) is 0 Å². The standard InChI is InChI=1S/C27H37N5O5/c1-18(24(33)31-22(27(36)37)14-8-9-15-28)30-26(35)23(17-20-12-6-3-7-13-20)32-25(34)21(29)16-19-10-4-2-5-11-19/h2-7,10-13,18,21-23H,8-9,14-17,28-29H2,1H3,(H,30,35)(H,31,33)(H,32,34)(H,36,37). The van der Waals surface area contributed by atoms with Crippen LogP contribution in [0.2, 0.25) is 0 Å². The van der Waals surface area contributed by atoms with Crippen LogP contribution in [-0.2, 0) is 32.0 Å². The van der Waals surface area contributed by atoms with Crippen LogP contribution in [-0.4, -0.2) is 59.5 Å². The third-order valence-corrected chi connectivity index (χ3v) is 5.86. The van der Waals surface area contributed by atoms with Crippen LogP contribution in [0.15, 0.2) is 60.7 Å². The Bertz CT molecular complexity index is 1020. The highest BCUT2D eigenvalue weighted by atomic mass is 16.4. The summed E-state index contributed by atoms with van der Waals surface area (Å²) >= 11 is 0. The van der Waals surface area contributed by atoms with Crippen molar-refractivity contribution in [2.24, 2.45) is 11.5 Å². The maximum atomic E-state index is 13.1. The number of amides is 3. The number of aliphatic carboxylic acids is 1. The largest absolute Gasteiger partial charge is 0.480 e. The number of carbonyl (C=O) groups is 4. The van der Waals surface area contributed by atoms with Gasteiger partial charge < -0.3 is 32.5 Å². The van der Waals surface area contributed by atoms with Gasteiger partial charge in [-0.3, -0.25) is 14.4 Å². The Morgan fingerprint density at radius 3 is 1.84 bits per heavy atom. The summed E-state index contributed by atoms with van der Waals surface area (Å²) in [5.41, 5.74) is 13.2. The van der Waals surface area contributed by atoms with E-state index in [1.807, 2.05) is 60.7 Å². The third-order valence-electron chi connectivity index (χ3n) is 5.86. The summed E-state index contributed by atoms with van der Waals surface area (Å²) < 4.78 is 0. The average Bonchev–Trinajstić information content (AvgIpc) is 2.88. The molecule has 0 aliphatic heterocycles. The highest BCUT2D eigenvalue weighted by Crippen LogP contribution is 2.07. The van der Waals surface area contributed by atoms with E-state index in [9.17, 15) is 24.3 Å². The maximum Gasteiger partial charge on any atom is 0.326 e. The van der Waals surface area contributed by atoms with Crippen molar-refractivity contribution >= 4 is 23.7 Å². The summed E-state index contributed by atoms with van der Waals surface area (Å²) in [6.45, 7) is 1.88. The van der Waals surface area contributed by atoms with Crippen molar-refractivity contribution < 1.29 is 24.3 Å². The summed E-state index contributed by atoms with van der Waals surface area (Å²) in [4.78, 5) is 50.1. The molecule has 2 aromatic rings. The predicted molar refractivity (Wildman–Crippen MR) is 140 cm³/mol. The number of carboxylic acids is 1. The van der Waals surface area contributed by atoms with Crippen LogP contribution < -0.4 is 27.4 Å². The molecule has 0 aliphatic carbocycles. The smallest absolute Gasteiger partial charge is 0.326 e. The van der Waals surface area contributed by atoms with Crippen LogP contribution >= 0.6 is 0 Å². The van der Waals surface area contributed by atoms with E-state index in [1.165, 1.54) is 6.92 Å². The Hall–Kier alpha value is -3.76. The monoisotopic (exact) mass is 511 g/mol. The van der Waals surface area contributed by atoms with Gasteiger partial charge in [0, 0.05) is 6.42 Å². The van der Waals surface area contributed by atoms with Crippen molar-refractivity contribution in [3.8, 4) is 0 Å². The number of unbranched alkanes of at least 4 members (excludes halogenated alkanes) is 1. The molecule has 4 atom stereocenters. The topological polar surface area (TPSA) is 177 Å². The number of nitrogens with one attached hydrogen (secondary N) is 3. The van der Waals surface area contributed by atoms with Gasteiger partial charge in [-0.25, -0.2) is 4.79 Å². The molecular weight excluding hydrogens is 474 g/mol. The molecule has 0 fully saturated rings. The highest BCUT2D eigenvalue weighted by Gasteiger charge is 2.28. The van der Waals surface area contributed by atoms with Gasteiger partial charge in [0.2, 0.25) is 17.7 Å². The summed E-state index contributed by atoms with van der Waals surface area (Å²) in [5, 5.41) is 17.2. The van der Waals surface area contributed by atoms with Gasteiger partial charge in [0.25, 0.3) is 0 Å². The zero-order valence-electron chi connectivity index (χ0n) is 21.1. The zero-order chi connectivity index (χ0) is 27.2. The molecule has 37 heavy (non-hydrogen) atoms. The van der Waals surface area contributed by atoms with E-state index in [0.29, 0.717) is 25.8 Å². The Kier molecular flexibility index (Phi) is 12.2. The number of carboxylic acid groups (broad SMARTS) is 1. The van der Waals surface area contributed by atoms with E-state index in [1.54, 1.807) is 0 Å². The van der Waals surface area contributed by atoms with E-state index >= 15 is 0 Å². The number of nitrogens with two attached hydrogens (primary N) is 2. The van der Waals surface area contributed by atoms with E-state index in [4.69, 9.17) is 11.5 Å². The molecule has 0 aliphatic rings. The molecule has 8 N–H and O–H groups in total. The summed E-state index contributed by atoms with van der Waals surface area (Å²) in [7, 11) is 0. The Morgan fingerprint density at radius 1 is 0.757 bits per heavy atom. The van der Waals surface area contributed by atoms with Crippen LogP contribution in [0.1, 0.15) is 37.3 Å². The SMILES string of the molecule is CC(NC(=O)C(Cc1ccccc1)NC(=O)C(N)Cc1ccccc1)C(=O)NC(CCCCN)C(=O)O. The van der Waals surface area contributed by atoms with Crippen molar-refractivity contribution in [1.82, 2.24) is 16.0 Å². The number of hydrogen-bond acceptors (Lipinski definition) is 6. The molecule has 2 rings (SSSR count). The summed E-state index contributed by atoms with van der Waals surface area (Å²) in [6.07, 6.45) is 1.89. The minimum absolute atomic E-state index is 0.182.